The van der Waals surface area contributed by atoms with Crippen molar-refractivity contribution >= 4 is 5.78 Å². The predicted molar refractivity (Wildman–Crippen MR) is 33.1 cm³/mol. The quantitative estimate of drug-likeness (QED) is 0.652. The average molecular weight is 213 g/mol. The molecule has 4 heteroatoms. The number of Topliss-reactive ketones (excluding diaryl/α,β-unsaturated/α-hetero) is 1. The molecule has 0 aromatic carbocycles. The maximum Gasteiger partial charge on any atom is 0 e. The Balaban J connectivity index is 0. The normalized spacial score (nSPS) is 6.80. The molecule has 0 saturated carbocycles. The van der Waals surface area contributed by atoms with Crippen LogP contribution in [0.2, 0.25) is 0 Å². The van der Waals surface area contributed by atoms with E-state index in [9.17, 15) is 4.79 Å². The van der Waals surface area contributed by atoms with E-state index in [2.05, 4.69) is 5.32 Å². The van der Waals surface area contributed by atoms with Gasteiger partial charge in [0.25, 0.3) is 0 Å². The summed E-state index contributed by atoms with van der Waals surface area (Å²) in [5.41, 5.74) is 0. The summed E-state index contributed by atoms with van der Waals surface area (Å²) < 4.78 is 0. The van der Waals surface area contributed by atoms with Gasteiger partial charge < -0.3 is 16.5 Å². The summed E-state index contributed by atoms with van der Waals surface area (Å²) in [6.07, 6.45) is 2.38. The van der Waals surface area contributed by atoms with Crippen molar-refractivity contribution in [1.82, 2.24) is 5.32 Å². The predicted octanol–water partition coefficient (Wildman–Crippen LogP) is -0.295. The first-order chi connectivity index (χ1) is 4.31. The van der Waals surface area contributed by atoms with Crippen molar-refractivity contribution in [2.24, 2.45) is 0 Å². The van der Waals surface area contributed by atoms with Crippen LogP contribution in [-0.2, 0) is 37.5 Å². The number of rotatable bonds is 4. The van der Waals surface area contributed by atoms with E-state index >= 15 is 0 Å². The fraction of sp³-hybridized carbons (Fsp3) is 0.333. The van der Waals surface area contributed by atoms with Crippen LogP contribution in [0.4, 0.5) is 0 Å². The van der Waals surface area contributed by atoms with Gasteiger partial charge in [-0.25, -0.2) is 5.26 Å². The van der Waals surface area contributed by atoms with Crippen LogP contribution in [0, 0.1) is 24.2 Å². The van der Waals surface area contributed by atoms with Crippen LogP contribution in [0.15, 0.2) is 0 Å². The number of hydrogen-bond donors (Lipinski definition) is 1. The van der Waals surface area contributed by atoms with E-state index in [1.54, 1.807) is 13.1 Å². The van der Waals surface area contributed by atoms with E-state index in [1.165, 1.54) is 6.42 Å². The average Bonchev–Trinajstić information content (AvgIpc) is 1.85. The van der Waals surface area contributed by atoms with Crippen molar-refractivity contribution in [3.05, 3.63) is 12.8 Å². The van der Waals surface area contributed by atoms with Gasteiger partial charge in [-0.2, -0.15) is 0 Å². The summed E-state index contributed by atoms with van der Waals surface area (Å²) in [6, 6.07) is 1.64. The number of nitriles is 1. The zero-order valence-electron chi connectivity index (χ0n) is 5.79. The Bertz CT molecular complexity index is 130. The van der Waals surface area contributed by atoms with Gasteiger partial charge in [0.1, 0.15) is 0 Å². The fourth-order valence-electron chi connectivity index (χ4n) is 0.325. The maximum absolute atomic E-state index is 10.4. The molecule has 0 spiro atoms. The topological polar surface area (TPSA) is 52.9 Å². The van der Waals surface area contributed by atoms with Crippen LogP contribution in [0.25, 0.3) is 0 Å². The SMILES string of the molecule is CNC[CH-]C(=O)[CH-]C#N.[Y]. The molecule has 0 heterocycles. The number of ketones is 1. The summed E-state index contributed by atoms with van der Waals surface area (Å²) in [5.74, 6) is -0.244. The molecular formula is C6H8N2OY-2. The molecule has 0 aliphatic carbocycles. The zero-order valence-corrected chi connectivity index (χ0v) is 8.63. The number of carbonyl (C=O) groups is 1. The molecule has 0 amide bonds. The van der Waals surface area contributed by atoms with Crippen LogP contribution < -0.4 is 5.32 Å². The van der Waals surface area contributed by atoms with Crippen molar-refractivity contribution in [1.29, 1.82) is 5.26 Å². The first kappa shape index (κ1) is 12.6. The van der Waals surface area contributed by atoms with Crippen molar-refractivity contribution in [2.45, 2.75) is 0 Å². The minimum Gasteiger partial charge on any atom is -0.367 e. The van der Waals surface area contributed by atoms with E-state index in [0.717, 1.165) is 6.42 Å². The van der Waals surface area contributed by atoms with Gasteiger partial charge in [0.15, 0.2) is 0 Å². The van der Waals surface area contributed by atoms with Gasteiger partial charge in [-0.3, -0.25) is 6.42 Å². The molecule has 0 aliphatic rings. The molecule has 1 N–H and O–H groups in total. The number of carbonyl (C=O) groups excluding carboxylic acids is 1. The molecule has 0 rings (SSSR count). The Morgan fingerprint density at radius 3 is 2.80 bits per heavy atom. The molecule has 0 saturated heterocycles. The van der Waals surface area contributed by atoms with E-state index in [1.807, 2.05) is 0 Å². The van der Waals surface area contributed by atoms with E-state index < -0.39 is 0 Å². The van der Waals surface area contributed by atoms with Gasteiger partial charge >= 0.3 is 0 Å². The van der Waals surface area contributed by atoms with Gasteiger partial charge in [0, 0.05) is 32.7 Å². The largest absolute Gasteiger partial charge is 0.367 e. The minimum absolute atomic E-state index is 0. The molecular weight excluding hydrogens is 205 g/mol. The van der Waals surface area contributed by atoms with Crippen LogP contribution in [0.3, 0.4) is 0 Å². The molecule has 3 nitrogen and oxygen atoms in total. The van der Waals surface area contributed by atoms with Crippen LogP contribution in [0.1, 0.15) is 0 Å². The second-order valence-electron chi connectivity index (χ2n) is 1.44. The van der Waals surface area contributed by atoms with Crippen molar-refractivity contribution in [2.75, 3.05) is 13.6 Å². The molecule has 0 aromatic rings. The Labute approximate surface area is 86.1 Å². The second-order valence-corrected chi connectivity index (χ2v) is 1.44. The van der Waals surface area contributed by atoms with Gasteiger partial charge in [-0.15, -0.1) is 12.3 Å². The first-order valence-electron chi connectivity index (χ1n) is 2.56. The first-order valence-corrected chi connectivity index (χ1v) is 2.56. The van der Waals surface area contributed by atoms with Gasteiger partial charge in [0.2, 0.25) is 0 Å². The standard InChI is InChI=1S/C6H8N2O.Y/c1-8-5-3-6(9)2-4-7;/h2-3,8H,5H2,1H3;/q-2;. The van der Waals surface area contributed by atoms with Gasteiger partial charge in [0.05, 0.1) is 0 Å². The van der Waals surface area contributed by atoms with Crippen LogP contribution in [-0.4, -0.2) is 19.4 Å². The van der Waals surface area contributed by atoms with Crippen molar-refractivity contribution in [3.8, 4) is 6.07 Å². The van der Waals surface area contributed by atoms with Gasteiger partial charge in [-0.1, -0.05) is 6.07 Å². The molecule has 53 valence electrons. The summed E-state index contributed by atoms with van der Waals surface area (Å²) in [5, 5.41) is 10.7. The molecule has 0 bridgehead atoms. The maximum atomic E-state index is 10.4. The molecule has 10 heavy (non-hydrogen) atoms. The molecule has 0 atom stereocenters. The van der Waals surface area contributed by atoms with Gasteiger partial charge in [-0.05, 0) is 7.05 Å². The van der Waals surface area contributed by atoms with Crippen molar-refractivity contribution < 1.29 is 37.5 Å². The minimum atomic E-state index is -0.244. The number of nitrogens with zero attached hydrogens (tertiary/aromatic N) is 1. The third-order valence-corrected chi connectivity index (χ3v) is 0.714. The van der Waals surface area contributed by atoms with Crippen molar-refractivity contribution in [3.63, 3.8) is 0 Å². The fourth-order valence-corrected chi connectivity index (χ4v) is 0.325. The smallest absolute Gasteiger partial charge is 0 e. The monoisotopic (exact) mass is 213 g/mol. The summed E-state index contributed by atoms with van der Waals surface area (Å²) in [7, 11) is 1.73. The van der Waals surface area contributed by atoms with E-state index in [0.29, 0.717) is 6.54 Å². The summed E-state index contributed by atoms with van der Waals surface area (Å²) in [4.78, 5) is 10.4. The summed E-state index contributed by atoms with van der Waals surface area (Å²) >= 11 is 0. The Morgan fingerprint density at radius 2 is 2.40 bits per heavy atom. The second kappa shape index (κ2) is 8.96. The summed E-state index contributed by atoms with van der Waals surface area (Å²) in [6.45, 7) is 0.511. The van der Waals surface area contributed by atoms with Crippen LogP contribution >= 0.6 is 0 Å². The number of nitrogens with one attached hydrogen (secondary N) is 1. The number of hydrogen-bond acceptors (Lipinski definition) is 3. The molecule has 0 unspecified atom stereocenters. The third-order valence-electron chi connectivity index (χ3n) is 0.714. The molecule has 0 fully saturated rings. The third kappa shape index (κ3) is 7.96. The Morgan fingerprint density at radius 1 is 1.80 bits per heavy atom. The molecule has 0 aromatic heterocycles. The van der Waals surface area contributed by atoms with E-state index in [-0.39, 0.29) is 38.5 Å². The Kier molecular flexibility index (Phi) is 11.3. The molecule has 1 radical (unpaired) electrons. The van der Waals surface area contributed by atoms with Crippen LogP contribution in [0.5, 0.6) is 0 Å². The van der Waals surface area contributed by atoms with E-state index in [4.69, 9.17) is 5.26 Å². The molecule has 0 aliphatic heterocycles. The zero-order chi connectivity index (χ0) is 7.11. The Hall–Kier alpha value is -0.0361.